The quantitative estimate of drug-likeness (QED) is 0.541. The molecule has 0 fully saturated rings. The summed E-state index contributed by atoms with van der Waals surface area (Å²) < 4.78 is 0. The number of hydrazine groups is 1. The fourth-order valence-electron chi connectivity index (χ4n) is 1.18. The highest BCUT2D eigenvalue weighted by Gasteiger charge is 2.07. The molecule has 0 saturated heterocycles. The van der Waals surface area contributed by atoms with Crippen LogP contribution in [0.4, 0.5) is 5.82 Å². The van der Waals surface area contributed by atoms with Gasteiger partial charge in [-0.05, 0) is 27.9 Å². The number of nitrogens with two attached hydrogens (primary N) is 1. The van der Waals surface area contributed by atoms with Crippen molar-refractivity contribution in [2.24, 2.45) is 5.84 Å². The maximum absolute atomic E-state index is 5.37. The van der Waals surface area contributed by atoms with Gasteiger partial charge in [0.05, 0.1) is 6.54 Å². The summed E-state index contributed by atoms with van der Waals surface area (Å²) >= 11 is 0. The molecule has 1 aromatic heterocycles. The van der Waals surface area contributed by atoms with Crippen molar-refractivity contribution in [2.45, 2.75) is 20.4 Å². The SMILES string of the molecule is Cc1nc(CN(C)C)nc(NN)c1C. The molecule has 14 heavy (non-hydrogen) atoms. The van der Waals surface area contributed by atoms with Crippen molar-refractivity contribution < 1.29 is 0 Å². The molecular formula is C9H17N5. The Kier molecular flexibility index (Phi) is 3.38. The molecule has 0 aliphatic carbocycles. The standard InChI is InChI=1S/C9H17N5/c1-6-7(2)11-8(5-14(3)4)12-9(6)13-10/h5,10H2,1-4H3,(H,11,12,13). The molecule has 5 nitrogen and oxygen atoms in total. The van der Waals surface area contributed by atoms with E-state index in [1.54, 1.807) is 0 Å². The Hall–Kier alpha value is -1.20. The van der Waals surface area contributed by atoms with Gasteiger partial charge in [-0.2, -0.15) is 0 Å². The van der Waals surface area contributed by atoms with Crippen LogP contribution in [0.25, 0.3) is 0 Å². The minimum absolute atomic E-state index is 0.703. The van der Waals surface area contributed by atoms with E-state index in [2.05, 4.69) is 15.4 Å². The van der Waals surface area contributed by atoms with Gasteiger partial charge < -0.3 is 10.3 Å². The van der Waals surface area contributed by atoms with Crippen molar-refractivity contribution in [3.05, 3.63) is 17.1 Å². The van der Waals surface area contributed by atoms with Gasteiger partial charge in [-0.1, -0.05) is 0 Å². The van der Waals surface area contributed by atoms with E-state index in [0.29, 0.717) is 5.82 Å². The van der Waals surface area contributed by atoms with E-state index in [0.717, 1.165) is 23.6 Å². The van der Waals surface area contributed by atoms with Crippen molar-refractivity contribution >= 4 is 5.82 Å². The van der Waals surface area contributed by atoms with E-state index < -0.39 is 0 Å². The Balaban J connectivity index is 3.03. The van der Waals surface area contributed by atoms with Crippen molar-refractivity contribution in [2.75, 3.05) is 19.5 Å². The average Bonchev–Trinajstić information content (AvgIpc) is 2.10. The van der Waals surface area contributed by atoms with Crippen LogP contribution in [0.2, 0.25) is 0 Å². The van der Waals surface area contributed by atoms with Crippen LogP contribution in [0.5, 0.6) is 0 Å². The second-order valence-corrected chi connectivity index (χ2v) is 3.58. The fraction of sp³-hybridized carbons (Fsp3) is 0.556. The van der Waals surface area contributed by atoms with Crippen LogP contribution in [-0.2, 0) is 6.54 Å². The Bertz CT molecular complexity index is 321. The summed E-state index contributed by atoms with van der Waals surface area (Å²) in [6.07, 6.45) is 0. The van der Waals surface area contributed by atoms with E-state index in [4.69, 9.17) is 5.84 Å². The molecule has 1 rings (SSSR count). The summed E-state index contributed by atoms with van der Waals surface area (Å²) in [6.45, 7) is 4.62. The zero-order chi connectivity index (χ0) is 10.7. The first-order valence-corrected chi connectivity index (χ1v) is 4.50. The van der Waals surface area contributed by atoms with Crippen molar-refractivity contribution in [3.8, 4) is 0 Å². The number of hydrogen-bond acceptors (Lipinski definition) is 5. The largest absolute Gasteiger partial charge is 0.308 e. The van der Waals surface area contributed by atoms with Gasteiger partial charge in [0.2, 0.25) is 0 Å². The van der Waals surface area contributed by atoms with E-state index in [-0.39, 0.29) is 0 Å². The van der Waals surface area contributed by atoms with Crippen LogP contribution in [0.3, 0.4) is 0 Å². The number of rotatable bonds is 3. The first-order chi connectivity index (χ1) is 6.54. The number of nitrogen functional groups attached to an aromatic ring is 1. The van der Waals surface area contributed by atoms with Crippen LogP contribution < -0.4 is 11.3 Å². The third-order valence-electron chi connectivity index (χ3n) is 2.03. The first kappa shape index (κ1) is 10.9. The lowest BCUT2D eigenvalue weighted by atomic mass is 10.2. The van der Waals surface area contributed by atoms with Gasteiger partial charge in [0.15, 0.2) is 0 Å². The van der Waals surface area contributed by atoms with Crippen molar-refractivity contribution in [1.82, 2.24) is 14.9 Å². The Labute approximate surface area is 84.3 Å². The highest BCUT2D eigenvalue weighted by Crippen LogP contribution is 2.13. The molecule has 0 aliphatic heterocycles. The Morgan fingerprint density at radius 1 is 1.29 bits per heavy atom. The molecule has 0 bridgehead atoms. The molecule has 78 valence electrons. The number of nitrogens with one attached hydrogen (secondary N) is 1. The highest BCUT2D eigenvalue weighted by molar-refractivity contribution is 5.44. The van der Waals surface area contributed by atoms with Gasteiger partial charge in [-0.25, -0.2) is 15.8 Å². The smallest absolute Gasteiger partial charge is 0.146 e. The number of aromatic nitrogens is 2. The predicted molar refractivity (Wildman–Crippen MR) is 56.7 cm³/mol. The van der Waals surface area contributed by atoms with Crippen LogP contribution in [-0.4, -0.2) is 29.0 Å². The van der Waals surface area contributed by atoms with E-state index >= 15 is 0 Å². The summed E-state index contributed by atoms with van der Waals surface area (Å²) in [4.78, 5) is 10.7. The molecule has 1 aromatic rings. The minimum atomic E-state index is 0.703. The lowest BCUT2D eigenvalue weighted by Crippen LogP contribution is -2.17. The molecule has 5 heteroatoms. The monoisotopic (exact) mass is 195 g/mol. The second kappa shape index (κ2) is 4.34. The van der Waals surface area contributed by atoms with Gasteiger partial charge in [0.1, 0.15) is 11.6 Å². The number of nitrogens with zero attached hydrogens (tertiary/aromatic N) is 3. The lowest BCUT2D eigenvalue weighted by Gasteiger charge is -2.12. The molecule has 0 saturated carbocycles. The van der Waals surface area contributed by atoms with Crippen LogP contribution in [0, 0.1) is 13.8 Å². The van der Waals surface area contributed by atoms with E-state index in [1.807, 2.05) is 32.8 Å². The lowest BCUT2D eigenvalue weighted by molar-refractivity contribution is 0.390. The maximum Gasteiger partial charge on any atom is 0.146 e. The molecule has 0 aliphatic rings. The van der Waals surface area contributed by atoms with Gasteiger partial charge in [-0.15, -0.1) is 0 Å². The van der Waals surface area contributed by atoms with Gasteiger partial charge in [0.25, 0.3) is 0 Å². The molecule has 0 radical (unpaired) electrons. The van der Waals surface area contributed by atoms with Crippen LogP contribution >= 0.6 is 0 Å². The molecular weight excluding hydrogens is 178 g/mol. The van der Waals surface area contributed by atoms with Crippen molar-refractivity contribution in [3.63, 3.8) is 0 Å². The second-order valence-electron chi connectivity index (χ2n) is 3.58. The number of hydrogen-bond donors (Lipinski definition) is 2. The zero-order valence-corrected chi connectivity index (χ0v) is 9.13. The topological polar surface area (TPSA) is 67.1 Å². The Morgan fingerprint density at radius 2 is 1.93 bits per heavy atom. The number of aryl methyl sites for hydroxylation is 1. The maximum atomic E-state index is 5.37. The summed E-state index contributed by atoms with van der Waals surface area (Å²) in [7, 11) is 3.96. The summed E-state index contributed by atoms with van der Waals surface area (Å²) in [6, 6.07) is 0. The minimum Gasteiger partial charge on any atom is -0.308 e. The molecule has 0 spiro atoms. The predicted octanol–water partition coefficient (Wildman–Crippen LogP) is 0.441. The summed E-state index contributed by atoms with van der Waals surface area (Å²) in [5.74, 6) is 6.85. The first-order valence-electron chi connectivity index (χ1n) is 4.50. The summed E-state index contributed by atoms with van der Waals surface area (Å²) in [5.41, 5.74) is 4.54. The molecule has 3 N–H and O–H groups in total. The van der Waals surface area contributed by atoms with Crippen LogP contribution in [0.15, 0.2) is 0 Å². The molecule has 1 heterocycles. The molecule has 0 atom stereocenters. The molecule has 0 unspecified atom stereocenters. The summed E-state index contributed by atoms with van der Waals surface area (Å²) in [5, 5.41) is 0. The molecule has 0 amide bonds. The van der Waals surface area contributed by atoms with Gasteiger partial charge in [-0.3, -0.25) is 0 Å². The van der Waals surface area contributed by atoms with Crippen molar-refractivity contribution in [1.29, 1.82) is 0 Å². The van der Waals surface area contributed by atoms with Gasteiger partial charge in [0, 0.05) is 11.3 Å². The Morgan fingerprint density at radius 3 is 2.43 bits per heavy atom. The average molecular weight is 195 g/mol. The molecule has 0 aromatic carbocycles. The highest BCUT2D eigenvalue weighted by atomic mass is 15.3. The zero-order valence-electron chi connectivity index (χ0n) is 9.13. The van der Waals surface area contributed by atoms with Crippen LogP contribution in [0.1, 0.15) is 17.1 Å². The van der Waals surface area contributed by atoms with E-state index in [1.165, 1.54) is 0 Å². The fourth-order valence-corrected chi connectivity index (χ4v) is 1.18. The third-order valence-corrected chi connectivity index (χ3v) is 2.03. The third kappa shape index (κ3) is 2.40. The van der Waals surface area contributed by atoms with Gasteiger partial charge >= 0.3 is 0 Å². The normalized spacial score (nSPS) is 10.7. The number of anilines is 1. The van der Waals surface area contributed by atoms with E-state index in [9.17, 15) is 0 Å².